The summed E-state index contributed by atoms with van der Waals surface area (Å²) in [5.41, 5.74) is 0. The Labute approximate surface area is 613 Å². The zero-order valence-corrected chi connectivity index (χ0v) is 67.5. The van der Waals surface area contributed by atoms with E-state index in [4.69, 9.17) is 37.0 Å². The molecule has 0 rings (SSSR count). The van der Waals surface area contributed by atoms with Gasteiger partial charge in [0.1, 0.15) is 19.3 Å². The minimum absolute atomic E-state index is 0.104. The Morgan fingerprint density at radius 2 is 0.510 bits per heavy atom. The molecule has 0 bridgehead atoms. The Bertz CT molecular complexity index is 1940. The van der Waals surface area contributed by atoms with Crippen LogP contribution < -0.4 is 0 Å². The molecule has 0 aromatic heterocycles. The second kappa shape index (κ2) is 71.3. The molecule has 0 aliphatic carbocycles. The molecule has 0 aromatic carbocycles. The van der Waals surface area contributed by atoms with Crippen LogP contribution in [0.1, 0.15) is 421 Å². The van der Waals surface area contributed by atoms with E-state index in [2.05, 4.69) is 48.5 Å². The molecule has 3 N–H and O–H groups in total. The topological polar surface area (TPSA) is 237 Å². The number of phosphoric ester groups is 2. The van der Waals surface area contributed by atoms with Crippen molar-refractivity contribution < 1.29 is 80.2 Å². The van der Waals surface area contributed by atoms with Gasteiger partial charge in [-0.3, -0.25) is 37.3 Å². The Morgan fingerprint density at radius 1 is 0.290 bits per heavy atom. The third kappa shape index (κ3) is 71.7. The van der Waals surface area contributed by atoms with Crippen LogP contribution >= 0.6 is 15.6 Å². The first-order valence-electron chi connectivity index (χ1n) is 41.9. The monoisotopic (exact) mass is 1470 g/mol. The van der Waals surface area contributed by atoms with Gasteiger partial charge in [0.15, 0.2) is 12.2 Å². The fourth-order valence-electron chi connectivity index (χ4n) is 12.4. The standard InChI is InChI=1S/C81H158O17P2/c1-8-11-12-13-14-15-16-17-18-21-25-28-31-34-40-48-55-62-78(83)91-68-76(97-80(85)64-57-50-41-35-32-29-26-23-20-19-22-24-27-30-33-38-45-52-59-72(4)5)70-95-99(87,88)93-66-75(82)67-94-100(89,90)96-71-77(69-92-79(84)63-56-49-44-43-47-54-61-74(7)10-3)98-81(86)65-58-51-42-37-36-39-46-53-60-73(6)9-2/h72-77,82H,8-71H2,1-7H3,(H,87,88)(H,89,90)/t73?,74?,75-,76-,77-/m1/s1. The van der Waals surface area contributed by atoms with Gasteiger partial charge in [0.2, 0.25) is 0 Å². The average Bonchev–Trinajstić information content (AvgIpc) is 0.953. The Morgan fingerprint density at radius 3 is 0.760 bits per heavy atom. The molecule has 0 amide bonds. The van der Waals surface area contributed by atoms with Crippen LogP contribution in [0.15, 0.2) is 0 Å². The van der Waals surface area contributed by atoms with Crippen molar-refractivity contribution in [1.82, 2.24) is 0 Å². The van der Waals surface area contributed by atoms with Crippen molar-refractivity contribution >= 4 is 39.5 Å². The third-order valence-corrected chi connectivity index (χ3v) is 21.5. The van der Waals surface area contributed by atoms with Gasteiger partial charge in [0, 0.05) is 25.7 Å². The summed E-state index contributed by atoms with van der Waals surface area (Å²) >= 11 is 0. The number of hydrogen-bond acceptors (Lipinski definition) is 15. The molecule has 0 radical (unpaired) electrons. The number of carbonyl (C=O) groups is 4. The lowest BCUT2D eigenvalue weighted by Gasteiger charge is -2.21. The summed E-state index contributed by atoms with van der Waals surface area (Å²) in [7, 11) is -9.92. The summed E-state index contributed by atoms with van der Waals surface area (Å²) in [5.74, 6) is 0.207. The van der Waals surface area contributed by atoms with Crippen molar-refractivity contribution in [1.29, 1.82) is 0 Å². The molecule has 0 aliphatic heterocycles. The number of ether oxygens (including phenoxy) is 4. The lowest BCUT2D eigenvalue weighted by Crippen LogP contribution is -2.30. The molecule has 0 saturated carbocycles. The first kappa shape index (κ1) is 98.1. The molecule has 0 spiro atoms. The van der Waals surface area contributed by atoms with Crippen molar-refractivity contribution in [2.45, 2.75) is 439 Å². The number of aliphatic hydroxyl groups is 1. The maximum absolute atomic E-state index is 13.1. The van der Waals surface area contributed by atoms with Crippen molar-refractivity contribution in [3.8, 4) is 0 Å². The van der Waals surface area contributed by atoms with E-state index in [1.807, 2.05) is 0 Å². The lowest BCUT2D eigenvalue weighted by atomic mass is 9.99. The summed E-state index contributed by atoms with van der Waals surface area (Å²) in [6.45, 7) is 11.9. The smallest absolute Gasteiger partial charge is 0.462 e. The summed E-state index contributed by atoms with van der Waals surface area (Å²) in [6, 6.07) is 0. The lowest BCUT2D eigenvalue weighted by molar-refractivity contribution is -0.161. The van der Waals surface area contributed by atoms with Crippen LogP contribution in [0.3, 0.4) is 0 Å². The molecule has 17 nitrogen and oxygen atoms in total. The molecule has 0 aromatic rings. The van der Waals surface area contributed by atoms with Crippen molar-refractivity contribution in [3.05, 3.63) is 0 Å². The summed E-state index contributed by atoms with van der Waals surface area (Å²) in [4.78, 5) is 73.0. The number of aliphatic hydroxyl groups excluding tert-OH is 1. The summed E-state index contributed by atoms with van der Waals surface area (Å²) in [6.07, 6.45) is 59.8. The third-order valence-electron chi connectivity index (χ3n) is 19.6. The number of rotatable bonds is 79. The number of unbranched alkanes of at least 4 members (excludes halogenated alkanes) is 45. The molecular formula is C81H158O17P2. The van der Waals surface area contributed by atoms with Gasteiger partial charge >= 0.3 is 39.5 Å². The van der Waals surface area contributed by atoms with E-state index < -0.39 is 97.5 Å². The molecule has 19 heteroatoms. The highest BCUT2D eigenvalue weighted by atomic mass is 31.2. The van der Waals surface area contributed by atoms with E-state index >= 15 is 0 Å². The minimum atomic E-state index is -4.96. The fourth-order valence-corrected chi connectivity index (χ4v) is 14.0. The quantitative estimate of drug-likeness (QED) is 0.0222. The van der Waals surface area contributed by atoms with E-state index in [-0.39, 0.29) is 25.7 Å². The van der Waals surface area contributed by atoms with Crippen LogP contribution in [-0.4, -0.2) is 96.7 Å². The first-order chi connectivity index (χ1) is 48.3. The molecule has 0 aliphatic rings. The normalized spacial score (nSPS) is 14.5. The highest BCUT2D eigenvalue weighted by Crippen LogP contribution is 2.45. The minimum Gasteiger partial charge on any atom is -0.462 e. The molecule has 4 unspecified atom stereocenters. The van der Waals surface area contributed by atoms with E-state index in [1.165, 1.54) is 225 Å². The average molecular weight is 1470 g/mol. The fraction of sp³-hybridized carbons (Fsp3) is 0.951. The number of esters is 4. The second-order valence-electron chi connectivity index (χ2n) is 30.1. The van der Waals surface area contributed by atoms with Crippen molar-refractivity contribution in [3.63, 3.8) is 0 Å². The maximum atomic E-state index is 13.1. The first-order valence-corrected chi connectivity index (χ1v) is 44.9. The molecule has 100 heavy (non-hydrogen) atoms. The molecule has 594 valence electrons. The van der Waals surface area contributed by atoms with Crippen molar-refractivity contribution in [2.24, 2.45) is 17.8 Å². The number of hydrogen-bond donors (Lipinski definition) is 3. The van der Waals surface area contributed by atoms with Gasteiger partial charge < -0.3 is 33.8 Å². The van der Waals surface area contributed by atoms with Gasteiger partial charge in [-0.05, 0) is 43.4 Å². The Balaban J connectivity index is 5.22. The molecule has 7 atom stereocenters. The van der Waals surface area contributed by atoms with Crippen LogP contribution in [0.25, 0.3) is 0 Å². The van der Waals surface area contributed by atoms with Crippen molar-refractivity contribution in [2.75, 3.05) is 39.6 Å². The maximum Gasteiger partial charge on any atom is 0.472 e. The Hall–Kier alpha value is -1.94. The molecule has 0 fully saturated rings. The van der Waals surface area contributed by atoms with E-state index in [0.29, 0.717) is 25.7 Å². The summed E-state index contributed by atoms with van der Waals surface area (Å²) in [5, 5.41) is 10.6. The summed E-state index contributed by atoms with van der Waals surface area (Å²) < 4.78 is 68.7. The van der Waals surface area contributed by atoms with E-state index in [0.717, 1.165) is 114 Å². The van der Waals surface area contributed by atoms with Gasteiger partial charge in [-0.2, -0.15) is 0 Å². The van der Waals surface area contributed by atoms with Gasteiger partial charge in [-0.1, -0.05) is 370 Å². The highest BCUT2D eigenvalue weighted by Gasteiger charge is 2.30. The largest absolute Gasteiger partial charge is 0.472 e. The second-order valence-corrected chi connectivity index (χ2v) is 33.0. The highest BCUT2D eigenvalue weighted by molar-refractivity contribution is 7.47. The predicted octanol–water partition coefficient (Wildman–Crippen LogP) is 24.1. The van der Waals surface area contributed by atoms with Gasteiger partial charge in [0.05, 0.1) is 26.4 Å². The van der Waals surface area contributed by atoms with E-state index in [9.17, 15) is 43.2 Å². The predicted molar refractivity (Wildman–Crippen MR) is 409 cm³/mol. The van der Waals surface area contributed by atoms with Crippen LogP contribution in [-0.2, 0) is 65.4 Å². The zero-order chi connectivity index (χ0) is 73.7. The number of carbonyl (C=O) groups excluding carboxylic acids is 4. The van der Waals surface area contributed by atoms with Crippen LogP contribution in [0.2, 0.25) is 0 Å². The molecular weight excluding hydrogens is 1310 g/mol. The van der Waals surface area contributed by atoms with E-state index in [1.54, 1.807) is 0 Å². The van der Waals surface area contributed by atoms with Crippen LogP contribution in [0.5, 0.6) is 0 Å². The molecule has 0 saturated heterocycles. The number of phosphoric acid groups is 2. The van der Waals surface area contributed by atoms with Crippen LogP contribution in [0.4, 0.5) is 0 Å². The Kier molecular flexibility index (Phi) is 69.9. The zero-order valence-electron chi connectivity index (χ0n) is 65.7. The van der Waals surface area contributed by atoms with Gasteiger partial charge in [-0.25, -0.2) is 9.13 Å². The molecule has 0 heterocycles. The SMILES string of the molecule is CCCCCCCCCCCCCCCCCCCC(=O)OC[C@H](COP(=O)(O)OC[C@@H](O)COP(=O)(O)OC[C@@H](COC(=O)CCCCCCCCC(C)CC)OC(=O)CCCCCCCCCCC(C)CC)OC(=O)CCCCCCCCCCCCCCCCCCCCC(C)C. The van der Waals surface area contributed by atoms with Crippen LogP contribution in [0, 0.1) is 17.8 Å². The van der Waals surface area contributed by atoms with Gasteiger partial charge in [0.25, 0.3) is 0 Å². The van der Waals surface area contributed by atoms with Gasteiger partial charge in [-0.15, -0.1) is 0 Å².